The molecule has 2 aliphatic heterocycles. The number of esters is 1. The van der Waals surface area contributed by atoms with Crippen molar-refractivity contribution in [2.24, 2.45) is 11.8 Å². The Balaban J connectivity index is 1.06. The van der Waals surface area contributed by atoms with Crippen molar-refractivity contribution in [1.29, 1.82) is 0 Å². The van der Waals surface area contributed by atoms with E-state index in [4.69, 9.17) is 19.6 Å². The second kappa shape index (κ2) is 17.0. The molecule has 0 aliphatic carbocycles. The van der Waals surface area contributed by atoms with Gasteiger partial charge in [-0.2, -0.15) is 0 Å². The van der Waals surface area contributed by atoms with Gasteiger partial charge in [0.1, 0.15) is 17.2 Å². The lowest BCUT2D eigenvalue weighted by Crippen LogP contribution is -2.38. The number of aromatic nitrogens is 2. The number of pyridine rings is 1. The molecular formula is C45H51N5O6S. The number of carbonyl (C=O) groups excluding carboxylic acids is 2. The number of nitrogens with zero attached hydrogens (tertiary/aromatic N) is 4. The van der Waals surface area contributed by atoms with Crippen LogP contribution in [-0.2, 0) is 22.5 Å². The van der Waals surface area contributed by atoms with Crippen molar-refractivity contribution in [3.05, 3.63) is 101 Å². The first-order valence-electron chi connectivity index (χ1n) is 19.8. The number of carbonyl (C=O) groups is 3. The maximum Gasteiger partial charge on any atom is 0.358 e. The van der Waals surface area contributed by atoms with Gasteiger partial charge in [0, 0.05) is 24.2 Å². The van der Waals surface area contributed by atoms with Crippen molar-refractivity contribution in [3.8, 4) is 16.9 Å². The van der Waals surface area contributed by atoms with E-state index in [2.05, 4.69) is 28.2 Å². The summed E-state index contributed by atoms with van der Waals surface area (Å²) in [5.74, 6) is 0.938. The number of hydrogen-bond acceptors (Lipinski definition) is 10. The summed E-state index contributed by atoms with van der Waals surface area (Å²) in [6, 6.07) is 23.4. The molecule has 0 spiro atoms. The van der Waals surface area contributed by atoms with E-state index in [9.17, 15) is 14.4 Å². The van der Waals surface area contributed by atoms with Crippen molar-refractivity contribution in [1.82, 2.24) is 14.9 Å². The maximum absolute atomic E-state index is 13.8. The minimum Gasteiger partial charge on any atom is -0.494 e. The summed E-state index contributed by atoms with van der Waals surface area (Å²) in [5, 5.41) is 12.7. The Labute approximate surface area is 338 Å². The van der Waals surface area contributed by atoms with E-state index in [1.165, 1.54) is 11.3 Å². The van der Waals surface area contributed by atoms with E-state index in [-0.39, 0.29) is 18.1 Å². The summed E-state index contributed by atoms with van der Waals surface area (Å²) in [6.07, 6.45) is 3.64. The highest BCUT2D eigenvalue weighted by molar-refractivity contribution is 7.22. The fourth-order valence-electron chi connectivity index (χ4n) is 7.90. The maximum atomic E-state index is 13.8. The Hall–Kier alpha value is -5.33. The van der Waals surface area contributed by atoms with E-state index >= 15 is 0 Å². The highest BCUT2D eigenvalue weighted by atomic mass is 32.1. The standard InChI is InChI=1S/C45H51N5O6S/c1-28(30-17-21-49(22-18-30)27-40(51)52)20-24-55-32-13-14-33(29(2)25-32)34-15-16-39(47-41(34)43(54)56-45(3,4)5)50-23-19-31-9-8-10-35(36(31)26-50)42(53)48-44-46-37-11-6-7-12-38(37)57-44/h6-16,25,28,30H,17-24,26-27H2,1-5H3,(H,51,52)(H,46,48,53). The summed E-state index contributed by atoms with van der Waals surface area (Å²) < 4.78 is 13.1. The first-order valence-corrected chi connectivity index (χ1v) is 20.6. The molecule has 0 radical (unpaired) electrons. The largest absolute Gasteiger partial charge is 0.494 e. The number of carboxylic acid groups (broad SMARTS) is 1. The van der Waals surface area contributed by atoms with Crippen LogP contribution in [-0.4, -0.2) is 76.2 Å². The average Bonchev–Trinajstić information content (AvgIpc) is 3.59. The third-order valence-corrected chi connectivity index (χ3v) is 11.9. The number of para-hydroxylation sites is 1. The van der Waals surface area contributed by atoms with Crippen LogP contribution < -0.4 is 15.0 Å². The lowest BCUT2D eigenvalue weighted by atomic mass is 9.84. The van der Waals surface area contributed by atoms with Gasteiger partial charge in [-0.1, -0.05) is 48.6 Å². The van der Waals surface area contributed by atoms with Crippen LogP contribution in [0.5, 0.6) is 5.75 Å². The molecule has 2 aliphatic rings. The average molecular weight is 790 g/mol. The van der Waals surface area contributed by atoms with Crippen LogP contribution in [0.1, 0.15) is 84.5 Å². The zero-order valence-electron chi connectivity index (χ0n) is 33.3. The molecule has 2 aromatic heterocycles. The molecule has 1 unspecified atom stereocenters. The number of aryl methyl sites for hydroxylation is 1. The number of carboxylic acids is 1. The highest BCUT2D eigenvalue weighted by Crippen LogP contribution is 2.35. The van der Waals surface area contributed by atoms with Gasteiger partial charge >= 0.3 is 11.9 Å². The number of aliphatic carboxylic acids is 1. The number of rotatable bonds is 12. The monoisotopic (exact) mass is 789 g/mol. The van der Waals surface area contributed by atoms with Crippen molar-refractivity contribution in [2.45, 2.75) is 72.4 Å². The van der Waals surface area contributed by atoms with Gasteiger partial charge in [0.25, 0.3) is 5.91 Å². The highest BCUT2D eigenvalue weighted by Gasteiger charge is 2.28. The van der Waals surface area contributed by atoms with E-state index < -0.39 is 17.5 Å². The molecular weight excluding hydrogens is 739 g/mol. The number of anilines is 2. The van der Waals surface area contributed by atoms with Crippen LogP contribution in [0.25, 0.3) is 21.3 Å². The van der Waals surface area contributed by atoms with E-state index in [1.807, 2.05) is 99.3 Å². The molecule has 1 amide bonds. The number of amides is 1. The SMILES string of the molecule is Cc1cc(OCCC(C)C2CCN(CC(=O)O)CC2)ccc1-c1ccc(N2CCc3cccc(C(=O)Nc4nc5ccccc5s4)c3C2)nc1C(=O)OC(C)(C)C. The number of fused-ring (bicyclic) bond motifs is 2. The van der Waals surface area contributed by atoms with Gasteiger partial charge in [0.15, 0.2) is 10.8 Å². The predicted octanol–water partition coefficient (Wildman–Crippen LogP) is 8.64. The molecule has 1 saturated heterocycles. The van der Waals surface area contributed by atoms with Gasteiger partial charge in [-0.15, -0.1) is 0 Å². The van der Waals surface area contributed by atoms with Crippen molar-refractivity contribution in [2.75, 3.05) is 43.0 Å². The predicted molar refractivity (Wildman–Crippen MR) is 224 cm³/mol. The Morgan fingerprint density at radius 3 is 2.47 bits per heavy atom. The van der Waals surface area contributed by atoms with Gasteiger partial charge in [0.2, 0.25) is 0 Å². The number of piperidine rings is 1. The molecule has 7 rings (SSSR count). The van der Waals surface area contributed by atoms with Gasteiger partial charge in [-0.25, -0.2) is 14.8 Å². The molecule has 11 nitrogen and oxygen atoms in total. The molecule has 3 aromatic carbocycles. The first kappa shape index (κ1) is 39.9. The molecule has 298 valence electrons. The van der Waals surface area contributed by atoms with Crippen LogP contribution in [0.2, 0.25) is 0 Å². The van der Waals surface area contributed by atoms with Gasteiger partial charge in [-0.05, 0) is 143 Å². The van der Waals surface area contributed by atoms with E-state index in [0.29, 0.717) is 60.0 Å². The van der Waals surface area contributed by atoms with Gasteiger partial charge in [-0.3, -0.25) is 19.8 Å². The fourth-order valence-corrected chi connectivity index (χ4v) is 8.76. The first-order chi connectivity index (χ1) is 27.3. The fraction of sp³-hybridized carbons (Fsp3) is 0.400. The molecule has 4 heterocycles. The third-order valence-electron chi connectivity index (χ3n) is 11.0. The minimum absolute atomic E-state index is 0.113. The molecule has 1 fully saturated rings. The number of hydrogen-bond donors (Lipinski definition) is 2. The molecule has 0 saturated carbocycles. The third kappa shape index (κ3) is 9.62. The van der Waals surface area contributed by atoms with Crippen LogP contribution in [0.3, 0.4) is 0 Å². The second-order valence-corrected chi connectivity index (χ2v) is 17.3. The normalized spacial score (nSPS) is 15.6. The molecule has 2 N–H and O–H groups in total. The van der Waals surface area contributed by atoms with Crippen LogP contribution in [0.4, 0.5) is 10.9 Å². The number of likely N-dealkylation sites (tertiary alicyclic amines) is 1. The lowest BCUT2D eigenvalue weighted by Gasteiger charge is -2.34. The number of nitrogens with one attached hydrogen (secondary N) is 1. The summed E-state index contributed by atoms with van der Waals surface area (Å²) in [4.78, 5) is 52.3. The number of thiazole rings is 1. The van der Waals surface area contributed by atoms with Crippen molar-refractivity contribution in [3.63, 3.8) is 0 Å². The molecule has 0 bridgehead atoms. The van der Waals surface area contributed by atoms with Crippen molar-refractivity contribution >= 4 is 50.3 Å². The summed E-state index contributed by atoms with van der Waals surface area (Å²) >= 11 is 1.45. The number of ether oxygens (including phenoxy) is 2. The smallest absolute Gasteiger partial charge is 0.358 e. The summed E-state index contributed by atoms with van der Waals surface area (Å²) in [6.45, 7) is 13.3. The van der Waals surface area contributed by atoms with E-state index in [1.54, 1.807) is 0 Å². The zero-order valence-corrected chi connectivity index (χ0v) is 34.2. The lowest BCUT2D eigenvalue weighted by molar-refractivity contribution is -0.138. The van der Waals surface area contributed by atoms with Gasteiger partial charge < -0.3 is 19.5 Å². The van der Waals surface area contributed by atoms with Crippen LogP contribution in [0, 0.1) is 18.8 Å². The molecule has 12 heteroatoms. The van der Waals surface area contributed by atoms with Gasteiger partial charge in [0.05, 0.1) is 23.4 Å². The Morgan fingerprint density at radius 2 is 1.74 bits per heavy atom. The second-order valence-electron chi connectivity index (χ2n) is 16.2. The zero-order chi connectivity index (χ0) is 40.3. The molecule has 5 aromatic rings. The Morgan fingerprint density at radius 1 is 0.965 bits per heavy atom. The quantitative estimate of drug-likeness (QED) is 0.118. The number of benzene rings is 3. The Kier molecular flexibility index (Phi) is 11.9. The van der Waals surface area contributed by atoms with E-state index in [0.717, 1.165) is 70.6 Å². The summed E-state index contributed by atoms with van der Waals surface area (Å²) in [7, 11) is 0. The molecule has 57 heavy (non-hydrogen) atoms. The summed E-state index contributed by atoms with van der Waals surface area (Å²) in [5.41, 5.74) is 5.46. The topological polar surface area (TPSA) is 134 Å². The van der Waals surface area contributed by atoms with Crippen LogP contribution in [0.15, 0.2) is 72.8 Å². The molecule has 1 atom stereocenters. The minimum atomic E-state index is -0.769. The van der Waals surface area contributed by atoms with Crippen molar-refractivity contribution < 1.29 is 29.0 Å². The Bertz CT molecular complexity index is 2240. The van der Waals surface area contributed by atoms with Crippen LogP contribution >= 0.6 is 11.3 Å².